The summed E-state index contributed by atoms with van der Waals surface area (Å²) in [5.74, 6) is 3.83. The molecule has 0 fully saturated rings. The van der Waals surface area contributed by atoms with Gasteiger partial charge in [0.2, 0.25) is 0 Å². The van der Waals surface area contributed by atoms with E-state index in [9.17, 15) is 18.4 Å². The first kappa shape index (κ1) is 104. The number of nitrogens with two attached hydrogens (primary N) is 3. The Kier molecular flexibility index (Phi) is 43.2. The Labute approximate surface area is 839 Å². The summed E-state index contributed by atoms with van der Waals surface area (Å²) < 4.78 is 75.7. The van der Waals surface area contributed by atoms with E-state index in [1.807, 2.05) is 150 Å². The van der Waals surface area contributed by atoms with Gasteiger partial charge in [-0.1, -0.05) is 140 Å². The van der Waals surface area contributed by atoms with Crippen LogP contribution in [0.2, 0.25) is 35.2 Å². The Morgan fingerprint density at radius 2 is 0.680 bits per heavy atom. The Morgan fingerprint density at radius 3 is 1.02 bits per heavy atom. The van der Waals surface area contributed by atoms with Gasteiger partial charge in [-0.2, -0.15) is 26.0 Å². The van der Waals surface area contributed by atoms with Crippen LogP contribution in [0.15, 0.2) is 218 Å². The molecule has 12 aromatic carbocycles. The summed E-state index contributed by atoms with van der Waals surface area (Å²) in [5, 5.41) is 61.6. The van der Waals surface area contributed by atoms with E-state index in [0.29, 0.717) is 138 Å². The molecule has 0 aliphatic rings. The first-order chi connectivity index (χ1) is 61.1. The van der Waals surface area contributed by atoms with Crippen LogP contribution < -0.4 is 145 Å². The van der Waals surface area contributed by atoms with Crippen molar-refractivity contribution in [3.05, 3.63) is 327 Å². The second-order valence-corrected chi connectivity index (χ2v) is 30.1. The van der Waals surface area contributed by atoms with E-state index in [4.69, 9.17) is 152 Å². The number of nitrogen functional groups attached to an aromatic ring is 3. The minimum Gasteiger partial charge on any atom is -0.662 e. The predicted octanol–water partition coefficient (Wildman–Crippen LogP) is 19.3. The molecule has 0 unspecified atom stereocenters. The van der Waals surface area contributed by atoms with Crippen molar-refractivity contribution in [3.8, 4) is 58.5 Å². The van der Waals surface area contributed by atoms with Gasteiger partial charge in [-0.05, 0) is 215 Å². The Bertz CT molecular complexity index is 6100. The zero-order valence-corrected chi connectivity index (χ0v) is 83.1. The molecule has 658 valence electrons. The average molecular weight is 2060 g/mol. The molecule has 128 heavy (non-hydrogen) atoms. The standard InChI is InChI=1S/C23H19Cl2FN2O2.C23H22Cl2N4O2.C15H12ClFN2O.C15H15ClN4O.C8H8BrClO.C7H5FN2.CH2O3.Cs/c1-29-22-7-3-15(9-19(22)24)13-28(18-5-6-21(26)17(11-18)12-27)14-16-4-8-23(30-2)20(25)10-16;1-30-21-7-3-14(9-18(21)24)12-29(13-15-4-8-22(31-2)19(25)10-15)16-5-6-20-17(11-16)23(26)28-27-20;1-20-15-5-2-10(6-13(15)16)9-19-12-3-4-14(17)11(7-12)8-18;1-21-14-5-2-9(6-12(14)16)8-18-10-3-4-13-11(7-10)15(17)20-19-13;1-11-8-3-2-6(5-9)4-7(8)10;8-7-2-1-6(10)3-5(7)4-9;2-1-4-3;/h3-11H,13-14H2,1-2H3;3-11H,12-13H2,1-2H3,(H3,26,27,28);2-7,19H,9H2,1H3;2-7,18H,8H2,1H3,(H3,17,19,20);2-4H,5H2,1H3;1-3H,10H2;1,3H;/q;;;;;;;+1/p-1. The summed E-state index contributed by atoms with van der Waals surface area (Å²) in [6, 6.07) is 69.5. The van der Waals surface area contributed by atoms with Crippen molar-refractivity contribution in [1.82, 2.24) is 20.4 Å². The van der Waals surface area contributed by atoms with Gasteiger partial charge in [0.05, 0.1) is 113 Å². The molecular formula is C92H82BrCl7CsF3N14O10. The van der Waals surface area contributed by atoms with Gasteiger partial charge in [-0.15, -0.1) is 0 Å². The summed E-state index contributed by atoms with van der Waals surface area (Å²) in [7, 11) is 11.1. The number of benzene rings is 12. The van der Waals surface area contributed by atoms with Crippen molar-refractivity contribution < 1.29 is 130 Å². The zero-order chi connectivity index (χ0) is 92.2. The van der Waals surface area contributed by atoms with Crippen LogP contribution in [0.1, 0.15) is 55.6 Å². The molecule has 2 heterocycles. The number of methoxy groups -OCH3 is 7. The number of aromatic nitrogens is 4. The SMILES string of the molecule is COc1ccc(CBr)cc1Cl.COc1ccc(CN(Cc2ccc(OC)c(Cl)c2)c2ccc(F)c(C#N)c2)cc1Cl.COc1ccc(CN(Cc2ccc(OC)c(Cl)c2)c2ccc3[nH]nc(N)c3c2)cc1Cl.COc1ccc(CNc2ccc(F)c(C#N)c2)cc1Cl.COc1ccc(CNc2ccc3[nH]nc(N)c3c2)cc1Cl.N#Cc1cc(N)ccc1F.O=CO[O-].[Cs+]. The number of nitriles is 3. The Balaban J connectivity index is 0.000000216. The summed E-state index contributed by atoms with van der Waals surface area (Å²) in [6.07, 6.45) is 0. The first-order valence-corrected chi connectivity index (χ1v) is 41.3. The van der Waals surface area contributed by atoms with Crippen LogP contribution in [0.3, 0.4) is 0 Å². The number of aromatic amines is 2. The van der Waals surface area contributed by atoms with Crippen LogP contribution in [0.4, 0.5) is 53.2 Å². The number of hydrogen-bond acceptors (Lipinski definition) is 22. The van der Waals surface area contributed by atoms with E-state index in [2.05, 4.69) is 56.7 Å². The van der Waals surface area contributed by atoms with Crippen LogP contribution in [-0.4, -0.2) is 76.6 Å². The van der Waals surface area contributed by atoms with Crippen molar-refractivity contribution >= 4 is 165 Å². The van der Waals surface area contributed by atoms with Gasteiger partial charge in [0, 0.05) is 83.8 Å². The number of alkyl halides is 1. The topological polar surface area (TPSA) is 351 Å². The number of ether oxygens (including phenoxy) is 7. The number of hydrogen-bond donors (Lipinski definition) is 7. The second-order valence-electron chi connectivity index (χ2n) is 26.7. The summed E-state index contributed by atoms with van der Waals surface area (Å²) in [4.78, 5) is 15.5. The first-order valence-electron chi connectivity index (χ1n) is 37.5. The van der Waals surface area contributed by atoms with E-state index in [0.717, 1.165) is 83.2 Å². The third kappa shape index (κ3) is 30.9. The predicted molar refractivity (Wildman–Crippen MR) is 499 cm³/mol. The molecule has 0 radical (unpaired) electrons. The number of fused-ring (bicyclic) bond motifs is 2. The van der Waals surface area contributed by atoms with Crippen LogP contribution in [0, 0.1) is 51.4 Å². The second kappa shape index (κ2) is 53.1. The van der Waals surface area contributed by atoms with Crippen LogP contribution in [0.25, 0.3) is 21.8 Å². The number of rotatable bonds is 25. The molecule has 0 aliphatic carbocycles. The summed E-state index contributed by atoms with van der Waals surface area (Å²) >= 11 is 46.6. The minimum absolute atomic E-state index is 0. The monoisotopic (exact) mass is 2060 g/mol. The maximum absolute atomic E-state index is 13.9. The molecule has 0 spiro atoms. The van der Waals surface area contributed by atoms with Gasteiger partial charge in [0.1, 0.15) is 75.9 Å². The van der Waals surface area contributed by atoms with Gasteiger partial charge in [-0.25, -0.2) is 13.2 Å². The summed E-state index contributed by atoms with van der Waals surface area (Å²) in [5.41, 5.74) is 29.8. The molecule has 14 aromatic rings. The van der Waals surface area contributed by atoms with E-state index in [1.165, 1.54) is 42.5 Å². The molecule has 0 bridgehead atoms. The fourth-order valence-corrected chi connectivity index (χ4v) is 14.3. The van der Waals surface area contributed by atoms with Crippen molar-refractivity contribution in [3.63, 3.8) is 0 Å². The fourth-order valence-electron chi connectivity index (χ4n) is 11.9. The summed E-state index contributed by atoms with van der Waals surface area (Å²) in [6.45, 7) is 3.19. The van der Waals surface area contributed by atoms with Gasteiger partial charge >= 0.3 is 68.9 Å². The average Bonchev–Trinajstić information content (AvgIpc) is 1.58. The van der Waals surface area contributed by atoms with Crippen LogP contribution >= 0.6 is 97.1 Å². The third-order valence-corrected chi connectivity index (χ3v) is 21.1. The number of anilines is 7. The molecule has 0 amide bonds. The molecule has 14 rings (SSSR count). The number of carbonyl (C=O) groups is 1. The minimum atomic E-state index is -0.554. The van der Waals surface area contributed by atoms with Crippen molar-refractivity contribution in [2.45, 2.75) is 44.6 Å². The van der Waals surface area contributed by atoms with Crippen molar-refractivity contribution in [2.24, 2.45) is 0 Å². The van der Waals surface area contributed by atoms with E-state index >= 15 is 0 Å². The number of carbonyl (C=O) groups excluding carboxylic acids is 1. The molecule has 24 nitrogen and oxygen atoms in total. The third-order valence-electron chi connectivity index (χ3n) is 18.4. The molecule has 0 saturated carbocycles. The van der Waals surface area contributed by atoms with Gasteiger partial charge < -0.3 is 80.9 Å². The molecular weight excluding hydrogens is 1980 g/mol. The number of nitrogens with one attached hydrogen (secondary N) is 4. The molecule has 0 aliphatic heterocycles. The van der Waals surface area contributed by atoms with Crippen molar-refractivity contribution in [1.29, 1.82) is 15.8 Å². The van der Waals surface area contributed by atoms with E-state index in [1.54, 1.807) is 98.3 Å². The maximum atomic E-state index is 13.9. The molecule has 10 N–H and O–H groups in total. The normalized spacial score (nSPS) is 10.1. The molecule has 0 saturated heterocycles. The number of nitrogens with zero attached hydrogens (tertiary/aromatic N) is 7. The molecule has 36 heteroatoms. The number of H-pyrrole nitrogens is 2. The molecule has 2 aromatic heterocycles. The van der Waals surface area contributed by atoms with Crippen molar-refractivity contribution in [2.75, 3.05) is 87.4 Å². The van der Waals surface area contributed by atoms with Gasteiger partial charge in [0.15, 0.2) is 11.6 Å². The van der Waals surface area contributed by atoms with E-state index in [-0.39, 0.29) is 92.1 Å². The van der Waals surface area contributed by atoms with E-state index < -0.39 is 17.5 Å². The fraction of sp³-hybridized carbons (Fsp3) is 0.152. The Hall–Kier alpha value is -11.0. The largest absolute Gasteiger partial charge is 1.00 e. The quantitative estimate of drug-likeness (QED) is 0.00918. The van der Waals surface area contributed by atoms with Gasteiger partial charge in [-0.3, -0.25) is 15.0 Å². The zero-order valence-electron chi connectivity index (χ0n) is 69.9. The maximum Gasteiger partial charge on any atom is 1.00 e. The van der Waals surface area contributed by atoms with Crippen LogP contribution in [0.5, 0.6) is 40.2 Å². The Morgan fingerprint density at radius 1 is 0.398 bits per heavy atom. The molecule has 0 atom stereocenters. The number of halogens is 11. The van der Waals surface area contributed by atoms with Crippen LogP contribution in [-0.2, 0) is 54.3 Å². The smallest absolute Gasteiger partial charge is 0.662 e. The van der Waals surface area contributed by atoms with Gasteiger partial charge in [0.25, 0.3) is 6.47 Å².